The number of fused-ring (bicyclic) bond motifs is 1. The lowest BCUT2D eigenvalue weighted by Gasteiger charge is -2.28. The number of ether oxygens (including phenoxy) is 2. The predicted molar refractivity (Wildman–Crippen MR) is 115 cm³/mol. The van der Waals surface area contributed by atoms with Crippen LogP contribution < -0.4 is 4.74 Å². The maximum absolute atomic E-state index is 12.2. The molecule has 0 fully saturated rings. The van der Waals surface area contributed by atoms with Crippen molar-refractivity contribution in [3.8, 4) is 17.0 Å². The second kappa shape index (κ2) is 8.01. The first-order chi connectivity index (χ1) is 13.6. The van der Waals surface area contributed by atoms with Crippen molar-refractivity contribution in [1.29, 1.82) is 0 Å². The Hall–Kier alpha value is -2.63. The van der Waals surface area contributed by atoms with Gasteiger partial charge in [-0.1, -0.05) is 23.7 Å². The van der Waals surface area contributed by atoms with E-state index in [1.165, 1.54) is 0 Å². The Bertz CT molecular complexity index is 1060. The minimum atomic E-state index is -1.13. The number of carboxylic acid groups (broad SMARTS) is 1. The van der Waals surface area contributed by atoms with Crippen molar-refractivity contribution in [2.75, 3.05) is 7.11 Å². The number of hydrogen-bond donors (Lipinski definition) is 1. The summed E-state index contributed by atoms with van der Waals surface area (Å²) in [7, 11) is 1.56. The molecule has 1 N–H and O–H groups in total. The zero-order valence-electron chi connectivity index (χ0n) is 17.1. The molecule has 0 aliphatic carbocycles. The average molecular weight is 414 g/mol. The normalized spacial score (nSPS) is 12.8. The van der Waals surface area contributed by atoms with Gasteiger partial charge in [0.25, 0.3) is 0 Å². The van der Waals surface area contributed by atoms with E-state index >= 15 is 0 Å². The number of carboxylic acids is 1. The van der Waals surface area contributed by atoms with Crippen LogP contribution in [0.25, 0.3) is 22.0 Å². The number of halogens is 1. The highest BCUT2D eigenvalue weighted by atomic mass is 35.5. The Labute approximate surface area is 175 Å². The van der Waals surface area contributed by atoms with Crippen LogP contribution in [0.15, 0.2) is 42.5 Å². The third kappa shape index (κ3) is 4.52. The first kappa shape index (κ1) is 21.1. The highest BCUT2D eigenvalue weighted by molar-refractivity contribution is 6.30. The predicted octanol–water partition coefficient (Wildman–Crippen LogP) is 5.81. The lowest BCUT2D eigenvalue weighted by atomic mass is 9.88. The molecule has 1 aromatic heterocycles. The van der Waals surface area contributed by atoms with Gasteiger partial charge in [0.2, 0.25) is 5.88 Å². The number of carbonyl (C=O) groups is 1. The van der Waals surface area contributed by atoms with Gasteiger partial charge in [-0.3, -0.25) is 0 Å². The van der Waals surface area contributed by atoms with Crippen LogP contribution in [0, 0.1) is 6.92 Å². The van der Waals surface area contributed by atoms with Gasteiger partial charge in [0.15, 0.2) is 6.10 Å². The molecule has 1 atom stereocenters. The summed E-state index contributed by atoms with van der Waals surface area (Å²) in [6.07, 6.45) is -1.13. The van der Waals surface area contributed by atoms with Crippen LogP contribution in [0.3, 0.4) is 0 Å². The molecular formula is C23H24ClNO4. The van der Waals surface area contributed by atoms with E-state index < -0.39 is 17.7 Å². The lowest BCUT2D eigenvalue weighted by Crippen LogP contribution is -2.28. The zero-order valence-corrected chi connectivity index (χ0v) is 17.9. The number of aromatic nitrogens is 1. The lowest BCUT2D eigenvalue weighted by molar-refractivity contribution is -0.160. The smallest absolute Gasteiger partial charge is 0.337 e. The molecule has 0 amide bonds. The summed E-state index contributed by atoms with van der Waals surface area (Å²) >= 11 is 6.08. The van der Waals surface area contributed by atoms with Crippen LogP contribution in [0.1, 0.15) is 38.0 Å². The van der Waals surface area contributed by atoms with Crippen LogP contribution in [-0.2, 0) is 9.53 Å². The highest BCUT2D eigenvalue weighted by Gasteiger charge is 2.31. The van der Waals surface area contributed by atoms with Crippen molar-refractivity contribution in [3.05, 3.63) is 58.6 Å². The fourth-order valence-corrected chi connectivity index (χ4v) is 3.49. The van der Waals surface area contributed by atoms with Crippen molar-refractivity contribution in [2.45, 2.75) is 39.4 Å². The summed E-state index contributed by atoms with van der Waals surface area (Å²) in [4.78, 5) is 16.8. The van der Waals surface area contributed by atoms with Gasteiger partial charge >= 0.3 is 5.97 Å². The first-order valence-corrected chi connectivity index (χ1v) is 9.63. The van der Waals surface area contributed by atoms with E-state index in [1.807, 2.05) is 52.0 Å². The van der Waals surface area contributed by atoms with Gasteiger partial charge in [0, 0.05) is 22.0 Å². The Balaban J connectivity index is 2.38. The number of nitrogens with zero attached hydrogens (tertiary/aromatic N) is 1. The molecule has 0 saturated heterocycles. The quantitative estimate of drug-likeness (QED) is 0.571. The van der Waals surface area contributed by atoms with Crippen LogP contribution >= 0.6 is 11.6 Å². The largest absolute Gasteiger partial charge is 0.481 e. The van der Waals surface area contributed by atoms with Crippen molar-refractivity contribution >= 4 is 28.5 Å². The van der Waals surface area contributed by atoms with Gasteiger partial charge in [0.05, 0.1) is 18.2 Å². The van der Waals surface area contributed by atoms with E-state index in [9.17, 15) is 9.90 Å². The maximum atomic E-state index is 12.2. The second-order valence-corrected chi connectivity index (χ2v) is 8.29. The van der Waals surface area contributed by atoms with E-state index in [0.29, 0.717) is 16.5 Å². The molecular weight excluding hydrogens is 390 g/mol. The third-order valence-electron chi connectivity index (χ3n) is 4.52. The molecule has 3 aromatic rings. The summed E-state index contributed by atoms with van der Waals surface area (Å²) in [6.45, 7) is 7.40. The third-order valence-corrected chi connectivity index (χ3v) is 4.77. The van der Waals surface area contributed by atoms with E-state index in [2.05, 4.69) is 4.98 Å². The van der Waals surface area contributed by atoms with E-state index in [4.69, 9.17) is 21.1 Å². The Morgan fingerprint density at radius 3 is 2.34 bits per heavy atom. The molecule has 1 unspecified atom stereocenters. The molecule has 29 heavy (non-hydrogen) atoms. The van der Waals surface area contributed by atoms with Gasteiger partial charge in [-0.05, 0) is 68.7 Å². The fraction of sp³-hybridized carbons (Fsp3) is 0.304. The number of aliphatic carboxylic acids is 1. The maximum Gasteiger partial charge on any atom is 0.337 e. The van der Waals surface area contributed by atoms with Gasteiger partial charge in [-0.15, -0.1) is 0 Å². The highest BCUT2D eigenvalue weighted by Crippen LogP contribution is 2.40. The fourth-order valence-electron chi connectivity index (χ4n) is 3.37. The van der Waals surface area contributed by atoms with Gasteiger partial charge < -0.3 is 14.6 Å². The van der Waals surface area contributed by atoms with E-state index in [1.54, 1.807) is 25.3 Å². The number of aryl methyl sites for hydroxylation is 1. The van der Waals surface area contributed by atoms with Gasteiger partial charge in [0.1, 0.15) is 0 Å². The minimum Gasteiger partial charge on any atom is -0.481 e. The molecule has 0 radical (unpaired) electrons. The molecule has 152 valence electrons. The topological polar surface area (TPSA) is 68.7 Å². The summed E-state index contributed by atoms with van der Waals surface area (Å²) in [6, 6.07) is 12.8. The Morgan fingerprint density at radius 2 is 1.79 bits per heavy atom. The number of methoxy groups -OCH3 is 1. The zero-order chi connectivity index (χ0) is 21.3. The summed E-state index contributed by atoms with van der Waals surface area (Å²) < 4.78 is 11.2. The molecule has 0 saturated carbocycles. The van der Waals surface area contributed by atoms with Crippen LogP contribution in [0.5, 0.6) is 5.88 Å². The van der Waals surface area contributed by atoms with Crippen LogP contribution in [0.4, 0.5) is 0 Å². The van der Waals surface area contributed by atoms with Gasteiger partial charge in [-0.25, -0.2) is 9.78 Å². The van der Waals surface area contributed by atoms with Crippen molar-refractivity contribution in [2.24, 2.45) is 0 Å². The van der Waals surface area contributed by atoms with Gasteiger partial charge in [-0.2, -0.15) is 0 Å². The van der Waals surface area contributed by atoms with Crippen molar-refractivity contribution < 1.29 is 19.4 Å². The van der Waals surface area contributed by atoms with Crippen LogP contribution in [-0.4, -0.2) is 28.8 Å². The Morgan fingerprint density at radius 1 is 1.14 bits per heavy atom. The number of benzene rings is 2. The molecule has 0 bridgehead atoms. The molecule has 5 nitrogen and oxygen atoms in total. The minimum absolute atomic E-state index is 0.493. The molecule has 1 heterocycles. The molecule has 2 aromatic carbocycles. The molecule has 0 spiro atoms. The summed E-state index contributed by atoms with van der Waals surface area (Å²) in [5, 5.41) is 11.4. The molecule has 6 heteroatoms. The number of hydrogen-bond acceptors (Lipinski definition) is 4. The van der Waals surface area contributed by atoms with E-state index in [-0.39, 0.29) is 0 Å². The average Bonchev–Trinajstić information content (AvgIpc) is 2.64. The number of rotatable bonds is 5. The Kier molecular flexibility index (Phi) is 5.82. The van der Waals surface area contributed by atoms with Crippen LogP contribution in [0.2, 0.25) is 5.02 Å². The number of pyridine rings is 1. The molecule has 3 rings (SSSR count). The summed E-state index contributed by atoms with van der Waals surface area (Å²) in [5.74, 6) is -0.550. The molecule has 0 aliphatic rings. The standard InChI is InChI=1S/C23H24ClNO4/c1-13-12-17-16(10-11-18(25-17)28-5)20(14-6-8-15(24)9-7-14)19(13)21(22(26)27)29-23(2,3)4/h6-12,21H,1-5H3,(H,26,27). The SMILES string of the molecule is COc1ccc2c(-c3ccc(Cl)cc3)c(C(OC(C)(C)C)C(=O)O)c(C)cc2n1. The van der Waals surface area contributed by atoms with Crippen molar-refractivity contribution in [3.63, 3.8) is 0 Å². The molecule has 0 aliphatic heterocycles. The summed E-state index contributed by atoms with van der Waals surface area (Å²) in [5.41, 5.74) is 3.07. The first-order valence-electron chi connectivity index (χ1n) is 9.25. The monoisotopic (exact) mass is 413 g/mol. The van der Waals surface area contributed by atoms with Crippen molar-refractivity contribution in [1.82, 2.24) is 4.98 Å². The second-order valence-electron chi connectivity index (χ2n) is 7.86. The van der Waals surface area contributed by atoms with E-state index in [0.717, 1.165) is 27.6 Å².